The summed E-state index contributed by atoms with van der Waals surface area (Å²) in [7, 11) is 0. The fourth-order valence-electron chi connectivity index (χ4n) is 3.38. The van der Waals surface area contributed by atoms with E-state index in [0.29, 0.717) is 30.9 Å². The minimum absolute atomic E-state index is 0.0445. The van der Waals surface area contributed by atoms with Gasteiger partial charge in [0.25, 0.3) is 5.56 Å². The molecule has 0 fully saturated rings. The minimum atomic E-state index is -0.318. The standard InChI is InChI=1S/C20H25N5O2/c1-4-16(25-17-9-7-6-8-15(17)24-18(25)5-2)20(27)21-11-10-14-12-19(26)23-13(3)22-14/h6-9,12,16H,4-5,10-11H2,1-3H3,(H,21,27)(H,22,23,26)/t16-/m1/s1. The molecule has 1 amide bonds. The first-order valence-corrected chi connectivity index (χ1v) is 9.33. The summed E-state index contributed by atoms with van der Waals surface area (Å²) in [5.41, 5.74) is 2.38. The van der Waals surface area contributed by atoms with Crippen molar-refractivity contribution in [1.29, 1.82) is 0 Å². The number of carbonyl (C=O) groups excluding carboxylic acids is 1. The van der Waals surface area contributed by atoms with Crippen molar-refractivity contribution in [3.63, 3.8) is 0 Å². The minimum Gasteiger partial charge on any atom is -0.354 e. The Bertz CT molecular complexity index is 1010. The summed E-state index contributed by atoms with van der Waals surface area (Å²) in [5.74, 6) is 1.44. The normalized spacial score (nSPS) is 12.3. The molecule has 7 heteroatoms. The van der Waals surface area contributed by atoms with Crippen molar-refractivity contribution < 1.29 is 4.79 Å². The molecule has 1 aromatic carbocycles. The van der Waals surface area contributed by atoms with E-state index in [1.807, 2.05) is 42.7 Å². The molecule has 0 saturated heterocycles. The summed E-state index contributed by atoms with van der Waals surface area (Å²) in [6.07, 6.45) is 1.94. The summed E-state index contributed by atoms with van der Waals surface area (Å²) in [6, 6.07) is 9.04. The number of hydrogen-bond donors (Lipinski definition) is 2. The lowest BCUT2D eigenvalue weighted by atomic mass is 10.1. The lowest BCUT2D eigenvalue weighted by Gasteiger charge is -2.19. The third kappa shape index (κ3) is 4.07. The van der Waals surface area contributed by atoms with Gasteiger partial charge in [-0.05, 0) is 25.5 Å². The number of H-pyrrole nitrogens is 1. The highest BCUT2D eigenvalue weighted by molar-refractivity contribution is 5.84. The highest BCUT2D eigenvalue weighted by atomic mass is 16.2. The highest BCUT2D eigenvalue weighted by Crippen LogP contribution is 2.24. The Balaban J connectivity index is 1.76. The van der Waals surface area contributed by atoms with Crippen molar-refractivity contribution in [1.82, 2.24) is 24.8 Å². The van der Waals surface area contributed by atoms with Crippen LogP contribution in [0.1, 0.15) is 43.7 Å². The van der Waals surface area contributed by atoms with Gasteiger partial charge in [0.15, 0.2) is 0 Å². The maximum atomic E-state index is 12.9. The molecule has 1 atom stereocenters. The van der Waals surface area contributed by atoms with Crippen LogP contribution in [-0.4, -0.2) is 32.0 Å². The quantitative estimate of drug-likeness (QED) is 0.670. The van der Waals surface area contributed by atoms with Gasteiger partial charge in [-0.25, -0.2) is 9.97 Å². The maximum Gasteiger partial charge on any atom is 0.251 e. The SMILES string of the molecule is CCc1nc2ccccc2n1[C@H](CC)C(=O)NCCc1cc(=O)[nH]c(C)n1. The molecule has 7 nitrogen and oxygen atoms in total. The average molecular weight is 367 g/mol. The number of nitrogens with one attached hydrogen (secondary N) is 2. The number of aromatic nitrogens is 4. The first-order valence-electron chi connectivity index (χ1n) is 9.33. The van der Waals surface area contributed by atoms with Crippen molar-refractivity contribution in [3.8, 4) is 0 Å². The van der Waals surface area contributed by atoms with Crippen LogP contribution in [0.4, 0.5) is 0 Å². The van der Waals surface area contributed by atoms with E-state index in [0.717, 1.165) is 23.3 Å². The van der Waals surface area contributed by atoms with E-state index in [-0.39, 0.29) is 17.5 Å². The van der Waals surface area contributed by atoms with Crippen molar-refractivity contribution >= 4 is 16.9 Å². The van der Waals surface area contributed by atoms with E-state index in [9.17, 15) is 9.59 Å². The maximum absolute atomic E-state index is 12.9. The van der Waals surface area contributed by atoms with E-state index in [2.05, 4.69) is 20.3 Å². The Labute approximate surface area is 157 Å². The van der Waals surface area contributed by atoms with Gasteiger partial charge < -0.3 is 14.9 Å². The van der Waals surface area contributed by atoms with Gasteiger partial charge in [0.1, 0.15) is 17.7 Å². The number of rotatable bonds is 7. The van der Waals surface area contributed by atoms with Crippen LogP contribution in [0.5, 0.6) is 0 Å². The van der Waals surface area contributed by atoms with Crippen molar-refractivity contribution in [2.75, 3.05) is 6.54 Å². The summed E-state index contributed by atoms with van der Waals surface area (Å²) in [6.45, 7) is 6.22. The predicted molar refractivity (Wildman–Crippen MR) is 105 cm³/mol. The van der Waals surface area contributed by atoms with Crippen LogP contribution in [0.25, 0.3) is 11.0 Å². The molecule has 27 heavy (non-hydrogen) atoms. The van der Waals surface area contributed by atoms with E-state index in [1.54, 1.807) is 6.92 Å². The Hall–Kier alpha value is -2.96. The molecular formula is C20H25N5O2. The number of carbonyl (C=O) groups is 1. The first-order chi connectivity index (χ1) is 13.0. The summed E-state index contributed by atoms with van der Waals surface area (Å²) in [5, 5.41) is 2.99. The van der Waals surface area contributed by atoms with Crippen molar-refractivity contribution in [2.24, 2.45) is 0 Å². The molecule has 0 saturated carbocycles. The number of aryl methyl sites for hydroxylation is 2. The van der Waals surface area contributed by atoms with Crippen LogP contribution < -0.4 is 10.9 Å². The number of benzene rings is 1. The van der Waals surface area contributed by atoms with Gasteiger partial charge in [-0.2, -0.15) is 0 Å². The van der Waals surface area contributed by atoms with Crippen LogP contribution in [0, 0.1) is 6.92 Å². The van der Waals surface area contributed by atoms with Gasteiger partial charge in [0, 0.05) is 31.1 Å². The Morgan fingerprint density at radius 1 is 1.26 bits per heavy atom. The number of nitrogens with zero attached hydrogens (tertiary/aromatic N) is 3. The number of para-hydroxylation sites is 2. The molecule has 0 aliphatic rings. The van der Waals surface area contributed by atoms with Crippen molar-refractivity contribution in [3.05, 3.63) is 58.0 Å². The van der Waals surface area contributed by atoms with Crippen LogP contribution in [0.3, 0.4) is 0 Å². The third-order valence-corrected chi connectivity index (χ3v) is 4.58. The zero-order valence-corrected chi connectivity index (χ0v) is 16.0. The monoisotopic (exact) mass is 367 g/mol. The Morgan fingerprint density at radius 2 is 2.04 bits per heavy atom. The lowest BCUT2D eigenvalue weighted by molar-refractivity contribution is -0.124. The largest absolute Gasteiger partial charge is 0.354 e. The fraction of sp³-hybridized carbons (Fsp3) is 0.400. The Morgan fingerprint density at radius 3 is 2.74 bits per heavy atom. The van der Waals surface area contributed by atoms with Gasteiger partial charge in [0.2, 0.25) is 5.91 Å². The van der Waals surface area contributed by atoms with Gasteiger partial charge in [-0.1, -0.05) is 26.0 Å². The van der Waals surface area contributed by atoms with E-state index in [1.165, 1.54) is 6.07 Å². The van der Waals surface area contributed by atoms with Crippen LogP contribution in [-0.2, 0) is 17.6 Å². The first kappa shape index (κ1) is 18.8. The van der Waals surface area contributed by atoms with Crippen LogP contribution >= 0.6 is 0 Å². The van der Waals surface area contributed by atoms with E-state index in [4.69, 9.17) is 0 Å². The van der Waals surface area contributed by atoms with Gasteiger partial charge in [-0.15, -0.1) is 0 Å². The molecule has 3 aromatic rings. The summed E-state index contributed by atoms with van der Waals surface area (Å²) < 4.78 is 2.04. The molecule has 142 valence electrons. The molecule has 0 aliphatic heterocycles. The topological polar surface area (TPSA) is 92.7 Å². The second kappa shape index (κ2) is 8.16. The van der Waals surface area contributed by atoms with E-state index < -0.39 is 0 Å². The molecule has 2 N–H and O–H groups in total. The Kier molecular flexibility index (Phi) is 5.69. The average Bonchev–Trinajstić information content (AvgIpc) is 3.00. The molecule has 2 heterocycles. The zero-order valence-electron chi connectivity index (χ0n) is 16.0. The second-order valence-electron chi connectivity index (χ2n) is 6.53. The van der Waals surface area contributed by atoms with Crippen LogP contribution in [0.2, 0.25) is 0 Å². The number of imidazole rings is 1. The number of aromatic amines is 1. The van der Waals surface area contributed by atoms with Gasteiger partial charge in [0.05, 0.1) is 11.0 Å². The second-order valence-corrected chi connectivity index (χ2v) is 6.53. The van der Waals surface area contributed by atoms with Gasteiger partial charge >= 0.3 is 0 Å². The highest BCUT2D eigenvalue weighted by Gasteiger charge is 2.23. The predicted octanol–water partition coefficient (Wildman–Crippen LogP) is 2.30. The fourth-order valence-corrected chi connectivity index (χ4v) is 3.38. The summed E-state index contributed by atoms with van der Waals surface area (Å²) in [4.78, 5) is 36.0. The number of fused-ring (bicyclic) bond motifs is 1. The third-order valence-electron chi connectivity index (χ3n) is 4.58. The zero-order chi connectivity index (χ0) is 19.4. The molecule has 0 bridgehead atoms. The molecule has 0 unspecified atom stereocenters. The molecule has 3 rings (SSSR count). The molecular weight excluding hydrogens is 342 g/mol. The van der Waals surface area contributed by atoms with Gasteiger partial charge in [-0.3, -0.25) is 9.59 Å². The lowest BCUT2D eigenvalue weighted by Crippen LogP contribution is -2.34. The molecule has 2 aromatic heterocycles. The number of amides is 1. The molecule has 0 spiro atoms. The summed E-state index contributed by atoms with van der Waals surface area (Å²) >= 11 is 0. The van der Waals surface area contributed by atoms with Crippen molar-refractivity contribution in [2.45, 2.75) is 46.1 Å². The number of hydrogen-bond acceptors (Lipinski definition) is 4. The van der Waals surface area contributed by atoms with E-state index >= 15 is 0 Å². The molecule has 0 aliphatic carbocycles. The smallest absolute Gasteiger partial charge is 0.251 e. The van der Waals surface area contributed by atoms with Crippen LogP contribution in [0.15, 0.2) is 35.1 Å². The molecule has 0 radical (unpaired) electrons.